The summed E-state index contributed by atoms with van der Waals surface area (Å²) in [4.78, 5) is 11.9. The third-order valence-corrected chi connectivity index (χ3v) is 2.95. The molecule has 0 saturated carbocycles. The standard InChI is InChI=1S/C13H11ClFNO/c1-16-12(7-4-10(8-14)13(16)17)9-2-5-11(15)6-3-9/h2-7H,8H2,1H3. The molecular weight excluding hydrogens is 241 g/mol. The molecule has 88 valence electrons. The van der Waals surface area contributed by atoms with E-state index in [1.54, 1.807) is 25.2 Å². The normalized spacial score (nSPS) is 10.5. The zero-order valence-corrected chi connectivity index (χ0v) is 10.0. The lowest BCUT2D eigenvalue weighted by molar-refractivity contribution is 0.628. The van der Waals surface area contributed by atoms with Crippen molar-refractivity contribution >= 4 is 11.6 Å². The topological polar surface area (TPSA) is 22.0 Å². The van der Waals surface area contributed by atoms with Gasteiger partial charge in [0.25, 0.3) is 5.56 Å². The van der Waals surface area contributed by atoms with Crippen molar-refractivity contribution < 1.29 is 4.39 Å². The average Bonchev–Trinajstić information content (AvgIpc) is 2.34. The van der Waals surface area contributed by atoms with Crippen LogP contribution in [0.5, 0.6) is 0 Å². The average molecular weight is 252 g/mol. The van der Waals surface area contributed by atoms with Gasteiger partial charge in [-0.1, -0.05) is 6.07 Å². The number of aromatic nitrogens is 1. The first kappa shape index (κ1) is 11.9. The van der Waals surface area contributed by atoms with Crippen molar-refractivity contribution in [2.24, 2.45) is 7.05 Å². The monoisotopic (exact) mass is 251 g/mol. The van der Waals surface area contributed by atoms with Crippen LogP contribution in [-0.2, 0) is 12.9 Å². The molecule has 0 saturated heterocycles. The summed E-state index contributed by atoms with van der Waals surface area (Å²) in [6.07, 6.45) is 0. The fourth-order valence-corrected chi connectivity index (χ4v) is 1.90. The molecule has 17 heavy (non-hydrogen) atoms. The van der Waals surface area contributed by atoms with Gasteiger partial charge in [-0.15, -0.1) is 11.6 Å². The minimum Gasteiger partial charge on any atom is -0.311 e. The number of hydrogen-bond donors (Lipinski definition) is 0. The third kappa shape index (κ3) is 2.24. The van der Waals surface area contributed by atoms with Gasteiger partial charge in [-0.2, -0.15) is 0 Å². The second kappa shape index (κ2) is 4.72. The van der Waals surface area contributed by atoms with Crippen LogP contribution in [0.2, 0.25) is 0 Å². The summed E-state index contributed by atoms with van der Waals surface area (Å²) < 4.78 is 14.3. The first-order chi connectivity index (χ1) is 8.13. The summed E-state index contributed by atoms with van der Waals surface area (Å²) in [5.41, 5.74) is 1.97. The maximum atomic E-state index is 12.8. The summed E-state index contributed by atoms with van der Waals surface area (Å²) in [7, 11) is 1.68. The van der Waals surface area contributed by atoms with Crippen molar-refractivity contribution in [1.82, 2.24) is 4.57 Å². The Morgan fingerprint density at radius 3 is 2.41 bits per heavy atom. The number of alkyl halides is 1. The highest BCUT2D eigenvalue weighted by Gasteiger charge is 2.06. The van der Waals surface area contributed by atoms with Gasteiger partial charge in [0, 0.05) is 12.6 Å². The molecule has 1 aromatic carbocycles. The fraction of sp³-hybridized carbons (Fsp3) is 0.154. The van der Waals surface area contributed by atoms with Crippen molar-refractivity contribution in [2.75, 3.05) is 0 Å². The zero-order chi connectivity index (χ0) is 12.4. The molecule has 0 bridgehead atoms. The Hall–Kier alpha value is -1.61. The van der Waals surface area contributed by atoms with Gasteiger partial charge in [0.2, 0.25) is 0 Å². The van der Waals surface area contributed by atoms with Gasteiger partial charge in [0.15, 0.2) is 0 Å². The van der Waals surface area contributed by atoms with Crippen molar-refractivity contribution in [3.63, 3.8) is 0 Å². The van der Waals surface area contributed by atoms with Gasteiger partial charge in [0.1, 0.15) is 5.82 Å². The molecule has 0 aliphatic rings. The molecule has 2 aromatic rings. The van der Waals surface area contributed by atoms with E-state index in [9.17, 15) is 9.18 Å². The van der Waals surface area contributed by atoms with Crippen LogP contribution in [0.1, 0.15) is 5.56 Å². The second-order valence-corrected chi connectivity index (χ2v) is 4.02. The first-order valence-electron chi connectivity index (χ1n) is 5.14. The number of rotatable bonds is 2. The van der Waals surface area contributed by atoms with Gasteiger partial charge >= 0.3 is 0 Å². The minimum atomic E-state index is -0.295. The Kier molecular flexibility index (Phi) is 3.29. The molecule has 0 atom stereocenters. The summed E-state index contributed by atoms with van der Waals surface area (Å²) in [5.74, 6) is -0.104. The lowest BCUT2D eigenvalue weighted by Gasteiger charge is -2.09. The van der Waals surface area contributed by atoms with E-state index in [1.807, 2.05) is 6.07 Å². The molecule has 0 N–H and O–H groups in total. The maximum absolute atomic E-state index is 12.8. The zero-order valence-electron chi connectivity index (χ0n) is 9.28. The van der Waals surface area contributed by atoms with E-state index in [0.717, 1.165) is 11.3 Å². The highest BCUT2D eigenvalue weighted by Crippen LogP contribution is 2.18. The van der Waals surface area contributed by atoms with E-state index in [2.05, 4.69) is 0 Å². The van der Waals surface area contributed by atoms with Crippen LogP contribution in [0.25, 0.3) is 11.3 Å². The van der Waals surface area contributed by atoms with E-state index >= 15 is 0 Å². The van der Waals surface area contributed by atoms with E-state index < -0.39 is 0 Å². The van der Waals surface area contributed by atoms with Crippen LogP contribution in [0, 0.1) is 5.82 Å². The van der Waals surface area contributed by atoms with Gasteiger partial charge in [-0.05, 0) is 35.9 Å². The maximum Gasteiger partial charge on any atom is 0.255 e. The second-order valence-electron chi connectivity index (χ2n) is 3.75. The SMILES string of the molecule is Cn1c(-c2ccc(F)cc2)ccc(CCl)c1=O. The van der Waals surface area contributed by atoms with Gasteiger partial charge in [-0.25, -0.2) is 4.39 Å². The van der Waals surface area contributed by atoms with Crippen LogP contribution in [0.15, 0.2) is 41.2 Å². The third-order valence-electron chi connectivity index (χ3n) is 2.67. The molecule has 0 fully saturated rings. The van der Waals surface area contributed by atoms with Crippen molar-refractivity contribution in [1.29, 1.82) is 0 Å². The smallest absolute Gasteiger partial charge is 0.255 e. The molecule has 0 spiro atoms. The summed E-state index contributed by atoms with van der Waals surface area (Å²) in [6, 6.07) is 9.54. The molecule has 0 aliphatic heterocycles. The minimum absolute atomic E-state index is 0.123. The highest BCUT2D eigenvalue weighted by molar-refractivity contribution is 6.17. The number of benzene rings is 1. The first-order valence-corrected chi connectivity index (χ1v) is 5.67. The van der Waals surface area contributed by atoms with E-state index in [0.29, 0.717) is 5.56 Å². The number of halogens is 2. The van der Waals surface area contributed by atoms with Gasteiger partial charge < -0.3 is 4.57 Å². The summed E-state index contributed by atoms with van der Waals surface area (Å²) >= 11 is 5.66. The van der Waals surface area contributed by atoms with Crippen LogP contribution in [0.4, 0.5) is 4.39 Å². The van der Waals surface area contributed by atoms with E-state index in [-0.39, 0.29) is 17.3 Å². The fourth-order valence-electron chi connectivity index (χ4n) is 1.70. The molecule has 2 rings (SSSR count). The van der Waals surface area contributed by atoms with Crippen molar-refractivity contribution in [3.8, 4) is 11.3 Å². The number of pyridine rings is 1. The molecule has 0 unspecified atom stereocenters. The molecule has 0 amide bonds. The molecular formula is C13H11ClFNO. The Bertz CT molecular complexity index is 589. The Balaban J connectivity index is 2.57. The van der Waals surface area contributed by atoms with E-state index in [1.165, 1.54) is 16.7 Å². The molecule has 2 nitrogen and oxygen atoms in total. The summed E-state index contributed by atoms with van der Waals surface area (Å²) in [6.45, 7) is 0. The predicted molar refractivity (Wildman–Crippen MR) is 66.6 cm³/mol. The molecule has 1 aromatic heterocycles. The van der Waals surface area contributed by atoms with Crippen LogP contribution >= 0.6 is 11.6 Å². The van der Waals surface area contributed by atoms with Crippen LogP contribution in [0.3, 0.4) is 0 Å². The Labute approximate surface area is 103 Å². The Morgan fingerprint density at radius 1 is 1.18 bits per heavy atom. The van der Waals surface area contributed by atoms with Crippen molar-refractivity contribution in [3.05, 3.63) is 58.1 Å². The van der Waals surface area contributed by atoms with Crippen LogP contribution < -0.4 is 5.56 Å². The molecule has 0 radical (unpaired) electrons. The van der Waals surface area contributed by atoms with Crippen LogP contribution in [-0.4, -0.2) is 4.57 Å². The largest absolute Gasteiger partial charge is 0.311 e. The number of hydrogen-bond acceptors (Lipinski definition) is 1. The highest BCUT2D eigenvalue weighted by atomic mass is 35.5. The quantitative estimate of drug-likeness (QED) is 0.753. The predicted octanol–water partition coefficient (Wildman–Crippen LogP) is 2.93. The Morgan fingerprint density at radius 2 is 1.82 bits per heavy atom. The lowest BCUT2D eigenvalue weighted by Crippen LogP contribution is -2.21. The van der Waals surface area contributed by atoms with E-state index in [4.69, 9.17) is 11.6 Å². The molecule has 1 heterocycles. The number of nitrogens with zero attached hydrogens (tertiary/aromatic N) is 1. The van der Waals surface area contributed by atoms with Gasteiger partial charge in [-0.3, -0.25) is 4.79 Å². The van der Waals surface area contributed by atoms with Crippen molar-refractivity contribution in [2.45, 2.75) is 5.88 Å². The summed E-state index contributed by atoms with van der Waals surface area (Å²) in [5, 5.41) is 0. The lowest BCUT2D eigenvalue weighted by atomic mass is 10.1. The van der Waals surface area contributed by atoms with Gasteiger partial charge in [0.05, 0.1) is 11.6 Å². The molecule has 0 aliphatic carbocycles. The molecule has 4 heteroatoms.